The molecule has 1 unspecified atom stereocenters. The van der Waals surface area contributed by atoms with Crippen molar-refractivity contribution < 1.29 is 19.4 Å². The smallest absolute Gasteiger partial charge is 0.339 e. The van der Waals surface area contributed by atoms with Gasteiger partial charge < -0.3 is 15.2 Å². The Morgan fingerprint density at radius 3 is 2.55 bits per heavy atom. The molecule has 1 aliphatic rings. The van der Waals surface area contributed by atoms with Crippen LogP contribution in [-0.2, 0) is 9.53 Å². The summed E-state index contributed by atoms with van der Waals surface area (Å²) < 4.78 is 4.65. The van der Waals surface area contributed by atoms with E-state index in [0.29, 0.717) is 17.1 Å². The second-order valence-corrected chi connectivity index (χ2v) is 5.23. The zero-order valence-electron chi connectivity index (χ0n) is 11.8. The van der Waals surface area contributed by atoms with Crippen LogP contribution in [0.2, 0.25) is 0 Å². The number of methoxy groups -OCH3 is 1. The van der Waals surface area contributed by atoms with E-state index in [1.165, 1.54) is 7.11 Å². The Morgan fingerprint density at radius 1 is 1.45 bits per heavy atom. The van der Waals surface area contributed by atoms with Gasteiger partial charge >= 0.3 is 11.9 Å². The molecular formula is C14H18N2O4. The number of rotatable bonds is 5. The van der Waals surface area contributed by atoms with Crippen molar-refractivity contribution in [3.63, 3.8) is 0 Å². The molecule has 108 valence electrons. The van der Waals surface area contributed by atoms with Crippen LogP contribution in [0.4, 0.5) is 5.82 Å². The van der Waals surface area contributed by atoms with Gasteiger partial charge in [0, 0.05) is 0 Å². The summed E-state index contributed by atoms with van der Waals surface area (Å²) in [6.45, 7) is 3.35. The Morgan fingerprint density at radius 2 is 2.10 bits per heavy atom. The summed E-state index contributed by atoms with van der Waals surface area (Å²) in [5.74, 6) is -0.782. The summed E-state index contributed by atoms with van der Waals surface area (Å²) in [4.78, 5) is 27.2. The third kappa shape index (κ3) is 2.59. The van der Waals surface area contributed by atoms with E-state index in [2.05, 4.69) is 15.0 Å². The van der Waals surface area contributed by atoms with Gasteiger partial charge in [-0.1, -0.05) is 0 Å². The van der Waals surface area contributed by atoms with Gasteiger partial charge in [-0.2, -0.15) is 0 Å². The number of aromatic nitrogens is 1. The predicted molar refractivity (Wildman–Crippen MR) is 72.7 cm³/mol. The van der Waals surface area contributed by atoms with Crippen LogP contribution in [0, 0.1) is 12.8 Å². The minimum absolute atomic E-state index is 0.113. The Kier molecular flexibility index (Phi) is 3.65. The van der Waals surface area contributed by atoms with Crippen molar-refractivity contribution in [2.24, 2.45) is 5.92 Å². The summed E-state index contributed by atoms with van der Waals surface area (Å²) in [5.41, 5.74) is -0.140. The molecule has 1 saturated carbocycles. The van der Waals surface area contributed by atoms with E-state index in [-0.39, 0.29) is 5.92 Å². The summed E-state index contributed by atoms with van der Waals surface area (Å²) in [6, 6.07) is 3.19. The number of anilines is 1. The number of nitrogens with one attached hydrogen (secondary N) is 1. The van der Waals surface area contributed by atoms with Crippen LogP contribution in [0.3, 0.4) is 0 Å². The second kappa shape index (κ2) is 5.11. The summed E-state index contributed by atoms with van der Waals surface area (Å²) in [7, 11) is 1.31. The van der Waals surface area contributed by atoms with Crippen LogP contribution in [0.5, 0.6) is 0 Å². The van der Waals surface area contributed by atoms with Crippen molar-refractivity contribution >= 4 is 17.8 Å². The van der Waals surface area contributed by atoms with Gasteiger partial charge in [-0.15, -0.1) is 0 Å². The molecule has 1 aromatic rings. The summed E-state index contributed by atoms with van der Waals surface area (Å²) in [5, 5.41) is 12.4. The van der Waals surface area contributed by atoms with E-state index in [1.807, 2.05) is 0 Å². The van der Waals surface area contributed by atoms with Gasteiger partial charge in [0.2, 0.25) is 0 Å². The molecule has 0 aliphatic heterocycles. The first kappa shape index (κ1) is 14.3. The van der Waals surface area contributed by atoms with Crippen molar-refractivity contribution in [1.82, 2.24) is 4.98 Å². The van der Waals surface area contributed by atoms with E-state index in [9.17, 15) is 14.7 Å². The van der Waals surface area contributed by atoms with Crippen molar-refractivity contribution in [2.75, 3.05) is 12.4 Å². The van der Waals surface area contributed by atoms with Gasteiger partial charge in [0.05, 0.1) is 18.4 Å². The second-order valence-electron chi connectivity index (χ2n) is 5.23. The SMILES string of the molecule is COC(=O)c1ccc(NC(C)(C(=O)O)C2CC2)nc1C. The Labute approximate surface area is 117 Å². The lowest BCUT2D eigenvalue weighted by Crippen LogP contribution is -2.45. The van der Waals surface area contributed by atoms with Crippen molar-refractivity contribution in [3.8, 4) is 0 Å². The van der Waals surface area contributed by atoms with Crippen molar-refractivity contribution in [2.45, 2.75) is 32.2 Å². The lowest BCUT2D eigenvalue weighted by atomic mass is 9.96. The fourth-order valence-electron chi connectivity index (χ4n) is 2.21. The average Bonchev–Trinajstić information content (AvgIpc) is 3.22. The Hall–Kier alpha value is -2.11. The first-order chi connectivity index (χ1) is 9.38. The number of aliphatic carboxylic acids is 1. The highest BCUT2D eigenvalue weighted by Gasteiger charge is 2.47. The van der Waals surface area contributed by atoms with Crippen LogP contribution in [0.1, 0.15) is 35.8 Å². The molecule has 0 amide bonds. The molecule has 0 bridgehead atoms. The standard InChI is InChI=1S/C14H18N2O4/c1-8-10(12(17)20-3)6-7-11(15-8)16-14(2,13(18)19)9-4-5-9/h6-7,9H,4-5H2,1-3H3,(H,15,16)(H,18,19). The van der Waals surface area contributed by atoms with Crippen molar-refractivity contribution in [3.05, 3.63) is 23.4 Å². The number of hydrogen-bond donors (Lipinski definition) is 2. The van der Waals surface area contributed by atoms with Gasteiger partial charge in [-0.25, -0.2) is 14.6 Å². The highest BCUT2D eigenvalue weighted by molar-refractivity contribution is 5.90. The number of carbonyl (C=O) groups excluding carboxylic acids is 1. The molecule has 2 N–H and O–H groups in total. The third-order valence-electron chi connectivity index (χ3n) is 3.72. The van der Waals surface area contributed by atoms with Crippen LogP contribution in [0.15, 0.2) is 12.1 Å². The number of hydrogen-bond acceptors (Lipinski definition) is 5. The monoisotopic (exact) mass is 278 g/mol. The quantitative estimate of drug-likeness (QED) is 0.799. The maximum atomic E-state index is 11.5. The Bertz CT molecular complexity index is 554. The zero-order valence-corrected chi connectivity index (χ0v) is 11.8. The number of carbonyl (C=O) groups is 2. The molecule has 6 nitrogen and oxygen atoms in total. The summed E-state index contributed by atoms with van der Waals surface area (Å²) in [6.07, 6.45) is 1.80. The molecule has 0 saturated heterocycles. The molecule has 6 heteroatoms. The number of pyridine rings is 1. The van der Waals surface area contributed by atoms with E-state index >= 15 is 0 Å². The number of carboxylic acid groups (broad SMARTS) is 1. The number of ether oxygens (including phenoxy) is 1. The number of nitrogens with zero attached hydrogens (tertiary/aromatic N) is 1. The molecule has 0 spiro atoms. The fraction of sp³-hybridized carbons (Fsp3) is 0.500. The van der Waals surface area contributed by atoms with E-state index in [1.54, 1.807) is 26.0 Å². The summed E-state index contributed by atoms with van der Waals surface area (Å²) >= 11 is 0. The fourth-order valence-corrected chi connectivity index (χ4v) is 2.21. The van der Waals surface area contributed by atoms with E-state index in [4.69, 9.17) is 0 Å². The molecule has 20 heavy (non-hydrogen) atoms. The van der Waals surface area contributed by atoms with Gasteiger partial charge in [-0.3, -0.25) is 0 Å². The third-order valence-corrected chi connectivity index (χ3v) is 3.72. The normalized spacial score (nSPS) is 17.1. The molecule has 0 aromatic carbocycles. The molecule has 2 rings (SSSR count). The van der Waals surface area contributed by atoms with Crippen molar-refractivity contribution in [1.29, 1.82) is 0 Å². The maximum Gasteiger partial charge on any atom is 0.339 e. The molecule has 1 fully saturated rings. The van der Waals surface area contributed by atoms with Crippen LogP contribution in [-0.4, -0.2) is 34.7 Å². The van der Waals surface area contributed by atoms with Gasteiger partial charge in [-0.05, 0) is 44.7 Å². The van der Waals surface area contributed by atoms with E-state index in [0.717, 1.165) is 12.8 Å². The highest BCUT2D eigenvalue weighted by Crippen LogP contribution is 2.41. The zero-order chi connectivity index (χ0) is 14.9. The topological polar surface area (TPSA) is 88.5 Å². The van der Waals surface area contributed by atoms with Gasteiger partial charge in [0.25, 0.3) is 0 Å². The van der Waals surface area contributed by atoms with Crippen LogP contribution >= 0.6 is 0 Å². The Balaban J connectivity index is 2.24. The van der Waals surface area contributed by atoms with E-state index < -0.39 is 17.5 Å². The molecule has 1 atom stereocenters. The lowest BCUT2D eigenvalue weighted by molar-refractivity contribution is -0.142. The number of carboxylic acids is 1. The average molecular weight is 278 g/mol. The minimum Gasteiger partial charge on any atom is -0.480 e. The lowest BCUT2D eigenvalue weighted by Gasteiger charge is -2.27. The maximum absolute atomic E-state index is 11.5. The largest absolute Gasteiger partial charge is 0.480 e. The van der Waals surface area contributed by atoms with Gasteiger partial charge in [0.15, 0.2) is 0 Å². The molecule has 0 radical (unpaired) electrons. The molecule has 1 aromatic heterocycles. The van der Waals surface area contributed by atoms with Crippen LogP contribution in [0.25, 0.3) is 0 Å². The molecule has 1 heterocycles. The minimum atomic E-state index is -1.02. The van der Waals surface area contributed by atoms with Gasteiger partial charge in [0.1, 0.15) is 11.4 Å². The number of aryl methyl sites for hydroxylation is 1. The first-order valence-electron chi connectivity index (χ1n) is 6.46. The molecular weight excluding hydrogens is 260 g/mol. The first-order valence-corrected chi connectivity index (χ1v) is 6.46. The van der Waals surface area contributed by atoms with Crippen LogP contribution < -0.4 is 5.32 Å². The predicted octanol–water partition coefficient (Wildman–Crippen LogP) is 1.84. The molecule has 1 aliphatic carbocycles. The number of esters is 1. The highest BCUT2D eigenvalue weighted by atomic mass is 16.5.